The van der Waals surface area contributed by atoms with Gasteiger partial charge in [0.25, 0.3) is 0 Å². The Balaban J connectivity index is 0.00000208. The van der Waals surface area contributed by atoms with Gasteiger partial charge in [-0.25, -0.2) is 9.98 Å². The first-order valence-electron chi connectivity index (χ1n) is 8.39. The van der Waals surface area contributed by atoms with Crippen molar-refractivity contribution in [1.82, 2.24) is 19.6 Å². The first kappa shape index (κ1) is 19.0. The second-order valence-electron chi connectivity index (χ2n) is 6.13. The normalized spacial score (nSPS) is 18.8. The first-order chi connectivity index (χ1) is 11.2. The maximum atomic E-state index is 6.00. The molecule has 2 aromatic heterocycles. The Morgan fingerprint density at radius 3 is 3.04 bits per heavy atom. The van der Waals surface area contributed by atoms with Crippen molar-refractivity contribution in [1.29, 1.82) is 0 Å². The fourth-order valence-electron chi connectivity index (χ4n) is 3.26. The van der Waals surface area contributed by atoms with Crippen LogP contribution in [0.1, 0.15) is 31.2 Å². The van der Waals surface area contributed by atoms with E-state index in [9.17, 15) is 0 Å². The van der Waals surface area contributed by atoms with Crippen LogP contribution in [0.25, 0.3) is 5.65 Å². The number of likely N-dealkylation sites (tertiary alicyclic amines) is 1. The molecule has 24 heavy (non-hydrogen) atoms. The topological polar surface area (TPSA) is 71.0 Å². The second kappa shape index (κ2) is 8.66. The van der Waals surface area contributed by atoms with Crippen molar-refractivity contribution in [3.05, 3.63) is 35.8 Å². The van der Waals surface area contributed by atoms with Gasteiger partial charge in [0.15, 0.2) is 5.96 Å². The number of pyridine rings is 1. The minimum absolute atomic E-state index is 0. The minimum atomic E-state index is 0. The third-order valence-electron chi connectivity index (χ3n) is 4.58. The number of halogens is 1. The van der Waals surface area contributed by atoms with Crippen molar-refractivity contribution in [3.8, 4) is 0 Å². The monoisotopic (exact) mass is 442 g/mol. The molecule has 3 rings (SSSR count). The Morgan fingerprint density at radius 2 is 2.29 bits per heavy atom. The summed E-state index contributed by atoms with van der Waals surface area (Å²) < 4.78 is 2.08. The lowest BCUT2D eigenvalue weighted by Gasteiger charge is -2.23. The molecule has 3 N–H and O–H groups in total. The average Bonchev–Trinajstić information content (AvgIpc) is 3.17. The third kappa shape index (κ3) is 4.38. The lowest BCUT2D eigenvalue weighted by molar-refractivity contribution is 0.267. The van der Waals surface area contributed by atoms with Gasteiger partial charge in [-0.2, -0.15) is 0 Å². The average molecular weight is 442 g/mol. The van der Waals surface area contributed by atoms with E-state index in [0.717, 1.165) is 30.1 Å². The molecule has 0 bridgehead atoms. The minimum Gasteiger partial charge on any atom is -0.370 e. The van der Waals surface area contributed by atoms with Gasteiger partial charge < -0.3 is 15.5 Å². The Labute approximate surface area is 160 Å². The van der Waals surface area contributed by atoms with Gasteiger partial charge in [0.1, 0.15) is 5.65 Å². The van der Waals surface area contributed by atoms with Gasteiger partial charge in [-0.05, 0) is 45.0 Å². The number of aryl methyl sites for hydroxylation is 1. The highest BCUT2D eigenvalue weighted by molar-refractivity contribution is 14.0. The van der Waals surface area contributed by atoms with Crippen molar-refractivity contribution < 1.29 is 0 Å². The van der Waals surface area contributed by atoms with E-state index in [-0.39, 0.29) is 24.0 Å². The summed E-state index contributed by atoms with van der Waals surface area (Å²) >= 11 is 0. The summed E-state index contributed by atoms with van der Waals surface area (Å²) in [5.74, 6) is 0.502. The molecule has 3 heterocycles. The molecule has 0 aliphatic carbocycles. The predicted molar refractivity (Wildman–Crippen MR) is 109 cm³/mol. The Hall–Kier alpha value is -1.35. The number of aromatic nitrogens is 2. The maximum Gasteiger partial charge on any atom is 0.189 e. The van der Waals surface area contributed by atoms with E-state index in [1.807, 2.05) is 18.3 Å². The van der Waals surface area contributed by atoms with Crippen molar-refractivity contribution in [3.63, 3.8) is 0 Å². The molecule has 1 unspecified atom stereocenters. The number of hydrogen-bond donors (Lipinski definition) is 2. The van der Waals surface area contributed by atoms with Gasteiger partial charge in [0.05, 0.1) is 12.2 Å². The number of rotatable bonds is 5. The maximum absolute atomic E-state index is 6.00. The number of guanidine groups is 1. The molecule has 1 fully saturated rings. The first-order valence-corrected chi connectivity index (χ1v) is 8.39. The molecule has 132 valence electrons. The fourth-order valence-corrected chi connectivity index (χ4v) is 3.26. The number of nitrogens with two attached hydrogens (primary N) is 1. The van der Waals surface area contributed by atoms with Crippen LogP contribution in [0.5, 0.6) is 0 Å². The van der Waals surface area contributed by atoms with Gasteiger partial charge in [-0.1, -0.05) is 13.0 Å². The van der Waals surface area contributed by atoms with Crippen LogP contribution in [0.4, 0.5) is 0 Å². The van der Waals surface area contributed by atoms with Crippen molar-refractivity contribution in [2.24, 2.45) is 10.7 Å². The molecule has 6 nitrogen and oxygen atoms in total. The second-order valence-corrected chi connectivity index (χ2v) is 6.13. The number of fused-ring (bicyclic) bond motifs is 1. The molecular formula is C17H27IN6. The quantitative estimate of drug-likeness (QED) is 0.423. The molecule has 1 aliphatic heterocycles. The fraction of sp³-hybridized carbons (Fsp3) is 0.529. The predicted octanol–water partition coefficient (Wildman–Crippen LogP) is 2.15. The highest BCUT2D eigenvalue weighted by Gasteiger charge is 2.22. The van der Waals surface area contributed by atoms with Crippen LogP contribution in [0.2, 0.25) is 0 Å². The SMILES string of the molecule is CCN1CCCC1CNC(N)=NCc1cn2c(C)cccc2n1.I. The van der Waals surface area contributed by atoms with Crippen LogP contribution in [-0.2, 0) is 6.54 Å². The summed E-state index contributed by atoms with van der Waals surface area (Å²) in [6.45, 7) is 7.94. The summed E-state index contributed by atoms with van der Waals surface area (Å²) in [5.41, 5.74) is 9.04. The van der Waals surface area contributed by atoms with Crippen molar-refractivity contribution >= 4 is 35.6 Å². The van der Waals surface area contributed by atoms with Gasteiger partial charge in [0.2, 0.25) is 0 Å². The molecular weight excluding hydrogens is 415 g/mol. The van der Waals surface area contributed by atoms with E-state index < -0.39 is 0 Å². The van der Waals surface area contributed by atoms with Crippen LogP contribution in [0, 0.1) is 6.92 Å². The number of nitrogens with one attached hydrogen (secondary N) is 1. The van der Waals surface area contributed by atoms with E-state index in [2.05, 4.69) is 44.5 Å². The molecule has 0 radical (unpaired) electrons. The largest absolute Gasteiger partial charge is 0.370 e. The molecule has 1 atom stereocenters. The van der Waals surface area contributed by atoms with E-state index in [0.29, 0.717) is 18.5 Å². The van der Waals surface area contributed by atoms with E-state index in [1.165, 1.54) is 19.4 Å². The Morgan fingerprint density at radius 1 is 1.46 bits per heavy atom. The molecule has 2 aromatic rings. The highest BCUT2D eigenvalue weighted by Crippen LogP contribution is 2.15. The summed E-state index contributed by atoms with van der Waals surface area (Å²) in [6, 6.07) is 6.66. The summed E-state index contributed by atoms with van der Waals surface area (Å²) in [5, 5.41) is 3.26. The smallest absolute Gasteiger partial charge is 0.189 e. The van der Waals surface area contributed by atoms with Gasteiger partial charge in [0, 0.05) is 24.5 Å². The third-order valence-corrected chi connectivity index (χ3v) is 4.58. The van der Waals surface area contributed by atoms with E-state index in [1.54, 1.807) is 0 Å². The molecule has 0 aromatic carbocycles. The number of nitrogens with zero attached hydrogens (tertiary/aromatic N) is 4. The molecule has 0 spiro atoms. The zero-order chi connectivity index (χ0) is 16.2. The molecule has 0 amide bonds. The standard InChI is InChI=1S/C17H26N6.HI/c1-3-22-9-5-7-15(22)11-20-17(18)19-10-14-12-23-13(2)6-4-8-16(23)21-14;/h4,6,8,12,15H,3,5,7,9-11H2,1-2H3,(H3,18,19,20);1H. The molecule has 0 saturated carbocycles. The molecule has 7 heteroatoms. The highest BCUT2D eigenvalue weighted by atomic mass is 127. The van der Waals surface area contributed by atoms with Crippen LogP contribution in [0.3, 0.4) is 0 Å². The van der Waals surface area contributed by atoms with Crippen LogP contribution < -0.4 is 11.1 Å². The summed E-state index contributed by atoms with van der Waals surface area (Å²) in [7, 11) is 0. The number of imidazole rings is 1. The Kier molecular flexibility index (Phi) is 6.85. The summed E-state index contributed by atoms with van der Waals surface area (Å²) in [4.78, 5) is 11.5. The number of hydrogen-bond acceptors (Lipinski definition) is 3. The van der Waals surface area contributed by atoms with Gasteiger partial charge in [-0.15, -0.1) is 24.0 Å². The molecule has 1 saturated heterocycles. The van der Waals surface area contributed by atoms with Gasteiger partial charge >= 0.3 is 0 Å². The van der Waals surface area contributed by atoms with E-state index >= 15 is 0 Å². The molecule has 1 aliphatic rings. The number of aliphatic imine (C=N–C) groups is 1. The van der Waals surface area contributed by atoms with Crippen LogP contribution >= 0.6 is 24.0 Å². The number of likely N-dealkylation sites (N-methyl/N-ethyl adjacent to an activating group) is 1. The van der Waals surface area contributed by atoms with Crippen LogP contribution in [-0.4, -0.2) is 45.9 Å². The van der Waals surface area contributed by atoms with Crippen LogP contribution in [0.15, 0.2) is 29.4 Å². The Bertz CT molecular complexity index is 695. The van der Waals surface area contributed by atoms with E-state index in [4.69, 9.17) is 5.73 Å². The lowest BCUT2D eigenvalue weighted by atomic mass is 10.2. The van der Waals surface area contributed by atoms with Crippen molar-refractivity contribution in [2.45, 2.75) is 39.3 Å². The summed E-state index contributed by atoms with van der Waals surface area (Å²) in [6.07, 6.45) is 4.54. The lowest BCUT2D eigenvalue weighted by Crippen LogP contribution is -2.42. The zero-order valence-corrected chi connectivity index (χ0v) is 16.7. The van der Waals surface area contributed by atoms with Crippen molar-refractivity contribution in [2.75, 3.05) is 19.6 Å². The van der Waals surface area contributed by atoms with Gasteiger partial charge in [-0.3, -0.25) is 4.90 Å². The zero-order valence-electron chi connectivity index (χ0n) is 14.4.